The van der Waals surface area contributed by atoms with Gasteiger partial charge in [-0.2, -0.15) is 0 Å². The molecule has 0 aromatic heterocycles. The lowest BCUT2D eigenvalue weighted by Gasteiger charge is -2.40. The minimum Gasteiger partial charge on any atom is -0.496 e. The molecule has 1 aromatic rings. The number of ether oxygens (including phenoxy) is 2. The van der Waals surface area contributed by atoms with Gasteiger partial charge in [0.1, 0.15) is 5.75 Å². The van der Waals surface area contributed by atoms with Crippen LogP contribution >= 0.6 is 0 Å². The maximum Gasteiger partial charge on any atom is 0.125 e. The largest absolute Gasteiger partial charge is 0.496 e. The molecule has 1 aliphatic heterocycles. The molecule has 1 N–H and O–H groups in total. The molecule has 1 aliphatic rings. The second-order valence-electron chi connectivity index (χ2n) is 5.55. The van der Waals surface area contributed by atoms with E-state index < -0.39 is 0 Å². The molecule has 112 valence electrons. The molecule has 3 atom stereocenters. The van der Waals surface area contributed by atoms with E-state index in [0.29, 0.717) is 6.04 Å². The minimum atomic E-state index is 0.242. The van der Waals surface area contributed by atoms with Gasteiger partial charge in [-0.1, -0.05) is 6.07 Å². The van der Waals surface area contributed by atoms with E-state index in [2.05, 4.69) is 43.1 Å². The van der Waals surface area contributed by atoms with Gasteiger partial charge in [-0.05, 0) is 40.0 Å². The van der Waals surface area contributed by atoms with Crippen LogP contribution in [0, 0.1) is 0 Å². The molecular weight excluding hydrogens is 252 g/mol. The Morgan fingerprint density at radius 1 is 1.40 bits per heavy atom. The SMILES string of the molecule is CNC(C)c1c(OC)cccc1N1CC(C)OCC1C. The molecule has 1 fully saturated rings. The van der Waals surface area contributed by atoms with E-state index in [-0.39, 0.29) is 12.1 Å². The van der Waals surface area contributed by atoms with Gasteiger partial charge in [0.15, 0.2) is 0 Å². The lowest BCUT2D eigenvalue weighted by atomic mass is 10.0. The number of nitrogens with one attached hydrogen (secondary N) is 1. The van der Waals surface area contributed by atoms with Crippen LogP contribution in [0.1, 0.15) is 32.4 Å². The van der Waals surface area contributed by atoms with Gasteiger partial charge in [0, 0.05) is 29.9 Å². The highest BCUT2D eigenvalue weighted by Crippen LogP contribution is 2.36. The molecule has 3 unspecified atom stereocenters. The minimum absolute atomic E-state index is 0.242. The van der Waals surface area contributed by atoms with Gasteiger partial charge < -0.3 is 19.7 Å². The van der Waals surface area contributed by atoms with Crippen LogP contribution in [-0.2, 0) is 4.74 Å². The average Bonchev–Trinajstić information content (AvgIpc) is 2.48. The zero-order valence-electron chi connectivity index (χ0n) is 13.1. The van der Waals surface area contributed by atoms with Crippen LogP contribution < -0.4 is 15.0 Å². The molecule has 1 aromatic carbocycles. The third kappa shape index (κ3) is 2.91. The molecular formula is C16H26N2O2. The summed E-state index contributed by atoms with van der Waals surface area (Å²) in [6.07, 6.45) is 0.259. The summed E-state index contributed by atoms with van der Waals surface area (Å²) < 4.78 is 11.3. The summed E-state index contributed by atoms with van der Waals surface area (Å²) >= 11 is 0. The Bertz CT molecular complexity index is 450. The zero-order chi connectivity index (χ0) is 14.7. The number of benzene rings is 1. The summed E-state index contributed by atoms with van der Waals surface area (Å²) in [4.78, 5) is 2.43. The first-order valence-corrected chi connectivity index (χ1v) is 7.30. The van der Waals surface area contributed by atoms with Crippen LogP contribution in [0.3, 0.4) is 0 Å². The van der Waals surface area contributed by atoms with Gasteiger partial charge in [0.25, 0.3) is 0 Å². The van der Waals surface area contributed by atoms with E-state index in [9.17, 15) is 0 Å². The average molecular weight is 278 g/mol. The van der Waals surface area contributed by atoms with Crippen molar-refractivity contribution in [2.45, 2.75) is 39.0 Å². The summed E-state index contributed by atoms with van der Waals surface area (Å²) in [6, 6.07) is 6.89. The van der Waals surface area contributed by atoms with E-state index in [1.165, 1.54) is 11.3 Å². The van der Waals surface area contributed by atoms with E-state index in [0.717, 1.165) is 18.9 Å². The van der Waals surface area contributed by atoms with Gasteiger partial charge in [-0.3, -0.25) is 0 Å². The first-order chi connectivity index (χ1) is 9.58. The second kappa shape index (κ2) is 6.46. The van der Waals surface area contributed by atoms with Crippen LogP contribution in [0.5, 0.6) is 5.75 Å². The molecule has 0 bridgehead atoms. The highest BCUT2D eigenvalue weighted by molar-refractivity contribution is 5.61. The van der Waals surface area contributed by atoms with Gasteiger partial charge in [0.2, 0.25) is 0 Å². The maximum absolute atomic E-state index is 5.74. The fourth-order valence-corrected chi connectivity index (χ4v) is 2.78. The fraction of sp³-hybridized carbons (Fsp3) is 0.625. The van der Waals surface area contributed by atoms with E-state index >= 15 is 0 Å². The topological polar surface area (TPSA) is 33.7 Å². The van der Waals surface area contributed by atoms with Crippen LogP contribution in [0.2, 0.25) is 0 Å². The van der Waals surface area contributed by atoms with Crippen LogP contribution in [0.4, 0.5) is 5.69 Å². The number of anilines is 1. The molecule has 2 rings (SSSR count). The Labute approximate surface area is 122 Å². The molecule has 4 heteroatoms. The molecule has 0 spiro atoms. The summed E-state index contributed by atoms with van der Waals surface area (Å²) in [7, 11) is 3.71. The zero-order valence-corrected chi connectivity index (χ0v) is 13.1. The smallest absolute Gasteiger partial charge is 0.125 e. The predicted octanol–water partition coefficient (Wildman–Crippen LogP) is 2.59. The Hall–Kier alpha value is -1.26. The Morgan fingerprint density at radius 2 is 2.15 bits per heavy atom. The second-order valence-corrected chi connectivity index (χ2v) is 5.55. The molecule has 0 amide bonds. The molecule has 4 nitrogen and oxygen atoms in total. The first-order valence-electron chi connectivity index (χ1n) is 7.30. The first kappa shape index (κ1) is 15.1. The molecule has 1 saturated heterocycles. The van der Waals surface area contributed by atoms with Gasteiger partial charge in [-0.25, -0.2) is 0 Å². The van der Waals surface area contributed by atoms with Crippen LogP contribution in [0.25, 0.3) is 0 Å². The number of nitrogens with zero attached hydrogens (tertiary/aromatic N) is 1. The maximum atomic E-state index is 5.74. The van der Waals surface area contributed by atoms with Crippen molar-refractivity contribution >= 4 is 5.69 Å². The van der Waals surface area contributed by atoms with Gasteiger partial charge >= 0.3 is 0 Å². The van der Waals surface area contributed by atoms with Crippen molar-refractivity contribution in [3.05, 3.63) is 23.8 Å². The lowest BCUT2D eigenvalue weighted by molar-refractivity contribution is 0.0342. The van der Waals surface area contributed by atoms with Crippen molar-refractivity contribution < 1.29 is 9.47 Å². The molecule has 0 saturated carbocycles. The lowest BCUT2D eigenvalue weighted by Crippen LogP contribution is -2.48. The molecule has 0 radical (unpaired) electrons. The standard InChI is InChI=1S/C16H26N2O2/c1-11-10-20-12(2)9-18(11)14-7-6-8-15(19-5)16(14)13(3)17-4/h6-8,11-13,17H,9-10H2,1-5H3. The summed E-state index contributed by atoms with van der Waals surface area (Å²) in [5.41, 5.74) is 2.47. The van der Waals surface area contributed by atoms with Crippen molar-refractivity contribution in [2.24, 2.45) is 0 Å². The van der Waals surface area contributed by atoms with Crippen molar-refractivity contribution in [2.75, 3.05) is 32.2 Å². The number of methoxy groups -OCH3 is 1. The van der Waals surface area contributed by atoms with Gasteiger partial charge in [-0.15, -0.1) is 0 Å². The van der Waals surface area contributed by atoms with Crippen molar-refractivity contribution in [3.8, 4) is 5.75 Å². The number of hydrogen-bond acceptors (Lipinski definition) is 4. The third-order valence-corrected chi connectivity index (χ3v) is 4.05. The predicted molar refractivity (Wildman–Crippen MR) is 82.7 cm³/mol. The summed E-state index contributed by atoms with van der Waals surface area (Å²) in [5.74, 6) is 0.940. The number of morpholine rings is 1. The third-order valence-electron chi connectivity index (χ3n) is 4.05. The fourth-order valence-electron chi connectivity index (χ4n) is 2.78. The van der Waals surface area contributed by atoms with E-state index in [4.69, 9.17) is 9.47 Å². The van der Waals surface area contributed by atoms with Crippen molar-refractivity contribution in [1.82, 2.24) is 5.32 Å². The quantitative estimate of drug-likeness (QED) is 0.918. The Balaban J connectivity index is 2.44. The number of rotatable bonds is 4. The van der Waals surface area contributed by atoms with Crippen LogP contribution in [0.15, 0.2) is 18.2 Å². The molecule has 20 heavy (non-hydrogen) atoms. The van der Waals surface area contributed by atoms with Crippen molar-refractivity contribution in [1.29, 1.82) is 0 Å². The monoisotopic (exact) mass is 278 g/mol. The van der Waals surface area contributed by atoms with Crippen molar-refractivity contribution in [3.63, 3.8) is 0 Å². The summed E-state index contributed by atoms with van der Waals surface area (Å²) in [5, 5.41) is 3.32. The van der Waals surface area contributed by atoms with Gasteiger partial charge in [0.05, 0.1) is 19.8 Å². The molecule has 0 aliphatic carbocycles. The normalized spacial score (nSPS) is 24.6. The highest BCUT2D eigenvalue weighted by Gasteiger charge is 2.27. The highest BCUT2D eigenvalue weighted by atomic mass is 16.5. The molecule has 1 heterocycles. The Morgan fingerprint density at radius 3 is 2.80 bits per heavy atom. The van der Waals surface area contributed by atoms with E-state index in [1.807, 2.05) is 13.1 Å². The summed E-state index contributed by atoms with van der Waals surface area (Å²) in [6.45, 7) is 8.18. The van der Waals surface area contributed by atoms with E-state index in [1.54, 1.807) is 7.11 Å². The number of hydrogen-bond donors (Lipinski definition) is 1. The van der Waals surface area contributed by atoms with Crippen LogP contribution in [-0.4, -0.2) is 39.5 Å². The Kier molecular flexibility index (Phi) is 4.89.